The minimum absolute atomic E-state index is 0.118. The Morgan fingerprint density at radius 1 is 0.714 bits per heavy atom. The van der Waals surface area contributed by atoms with Gasteiger partial charge in [-0.2, -0.15) is 0 Å². The molecule has 0 aliphatic heterocycles. The van der Waals surface area contributed by atoms with Crippen molar-refractivity contribution >= 4 is 50.3 Å². The summed E-state index contributed by atoms with van der Waals surface area (Å²) in [4.78, 5) is 14.6. The molecule has 0 saturated heterocycles. The summed E-state index contributed by atoms with van der Waals surface area (Å²) in [5.41, 5.74) is 9.05. The van der Waals surface area contributed by atoms with Crippen LogP contribution in [0, 0.1) is 0 Å². The highest BCUT2D eigenvalue weighted by atomic mass is 35.5. The summed E-state index contributed by atoms with van der Waals surface area (Å²) < 4.78 is 12.1. The molecule has 0 aliphatic carbocycles. The normalized spacial score (nSPS) is 11.1. The van der Waals surface area contributed by atoms with Gasteiger partial charge in [-0.15, -0.1) is 0 Å². The highest BCUT2D eigenvalue weighted by Crippen LogP contribution is 2.46. The summed E-state index contributed by atoms with van der Waals surface area (Å²) in [6.07, 6.45) is 1.57. The molecule has 3 N–H and O–H groups in total. The molecule has 0 aliphatic rings. The molecule has 5 rings (SSSR count). The summed E-state index contributed by atoms with van der Waals surface area (Å²) in [6, 6.07) is 37.4. The predicted octanol–water partition coefficient (Wildman–Crippen LogP) is 10.5. The maximum Gasteiger partial charge on any atom is 0.187 e. The molecule has 0 radical (unpaired) electrons. The fraction of sp³-hybridized carbons (Fsp3) is 0.0294. The average molecular weight is 611 g/mol. The lowest BCUT2D eigenvalue weighted by Gasteiger charge is -2.15. The second kappa shape index (κ2) is 14.0. The van der Waals surface area contributed by atoms with E-state index < -0.39 is 0 Å². The van der Waals surface area contributed by atoms with Crippen molar-refractivity contribution in [1.82, 2.24) is 0 Å². The first-order valence-corrected chi connectivity index (χ1v) is 15.5. The lowest BCUT2D eigenvalue weighted by atomic mass is 10.1. The fourth-order valence-corrected chi connectivity index (χ4v) is 6.26. The van der Waals surface area contributed by atoms with Crippen molar-refractivity contribution in [1.29, 1.82) is 0 Å². The number of benzene rings is 5. The molecule has 8 heteroatoms. The van der Waals surface area contributed by atoms with E-state index in [-0.39, 0.29) is 5.78 Å². The van der Waals surface area contributed by atoms with E-state index in [9.17, 15) is 4.79 Å². The third-order valence-electron chi connectivity index (χ3n) is 5.93. The molecular weight excluding hydrogens is 584 g/mol. The standard InChI is InChI=1S/C34H27ClN2O3S2/c1-23(20-32(38)24-12-14-25(35)15-13-24)37-31-19-17-29(40-27-10-6-3-7-11-27)22-34(31)42-41-33-21-28(16-18-30(33)36)39-26-8-4-2-5-9-26/h2-22,37H,36H2,1H3/b23-20+. The van der Waals surface area contributed by atoms with Crippen LogP contribution in [-0.2, 0) is 0 Å². The number of ketones is 1. The quantitative estimate of drug-likeness (QED) is 0.0667. The Labute approximate surface area is 258 Å². The molecule has 5 aromatic carbocycles. The van der Waals surface area contributed by atoms with Crippen molar-refractivity contribution in [2.45, 2.75) is 16.7 Å². The number of nitrogens with one attached hydrogen (secondary N) is 1. The van der Waals surface area contributed by atoms with Crippen molar-refractivity contribution < 1.29 is 14.3 Å². The zero-order chi connectivity index (χ0) is 29.3. The van der Waals surface area contributed by atoms with Crippen molar-refractivity contribution in [3.8, 4) is 23.0 Å². The Kier molecular flexibility index (Phi) is 9.77. The summed E-state index contributed by atoms with van der Waals surface area (Å²) in [5.74, 6) is 2.74. The van der Waals surface area contributed by atoms with Gasteiger partial charge < -0.3 is 20.5 Å². The van der Waals surface area contributed by atoms with Gasteiger partial charge in [0.15, 0.2) is 5.78 Å². The molecule has 210 valence electrons. The number of carbonyl (C=O) groups is 1. The number of nitrogens with two attached hydrogens (primary N) is 1. The molecule has 5 nitrogen and oxygen atoms in total. The van der Waals surface area contributed by atoms with Crippen LogP contribution in [0.1, 0.15) is 17.3 Å². The Morgan fingerprint density at radius 3 is 1.88 bits per heavy atom. The van der Waals surface area contributed by atoms with E-state index in [2.05, 4.69) is 5.32 Å². The van der Waals surface area contributed by atoms with Crippen LogP contribution < -0.4 is 20.5 Å². The van der Waals surface area contributed by atoms with Gasteiger partial charge in [-0.05, 0) is 91.9 Å². The van der Waals surface area contributed by atoms with Crippen LogP contribution in [0.3, 0.4) is 0 Å². The van der Waals surface area contributed by atoms with Gasteiger partial charge in [-0.3, -0.25) is 4.79 Å². The molecule has 0 spiro atoms. The fourth-order valence-electron chi connectivity index (χ4n) is 3.87. The van der Waals surface area contributed by atoms with Crippen LogP contribution in [-0.4, -0.2) is 5.78 Å². The molecule has 42 heavy (non-hydrogen) atoms. The summed E-state index contributed by atoms with van der Waals surface area (Å²) in [6.45, 7) is 1.85. The number of para-hydroxylation sites is 2. The highest BCUT2D eigenvalue weighted by Gasteiger charge is 2.12. The topological polar surface area (TPSA) is 73.6 Å². The van der Waals surface area contributed by atoms with Gasteiger partial charge in [0.1, 0.15) is 23.0 Å². The number of hydrogen-bond donors (Lipinski definition) is 2. The van der Waals surface area contributed by atoms with Crippen LogP contribution in [0.25, 0.3) is 0 Å². The first kappa shape index (κ1) is 29.2. The van der Waals surface area contributed by atoms with E-state index in [0.29, 0.717) is 33.5 Å². The number of hydrogen-bond acceptors (Lipinski definition) is 7. The summed E-state index contributed by atoms with van der Waals surface area (Å²) in [5, 5.41) is 3.96. The molecule has 0 unspecified atom stereocenters. The van der Waals surface area contributed by atoms with Crippen molar-refractivity contribution in [3.05, 3.63) is 144 Å². The zero-order valence-corrected chi connectivity index (χ0v) is 25.0. The van der Waals surface area contributed by atoms with Gasteiger partial charge in [-0.1, -0.05) is 69.6 Å². The van der Waals surface area contributed by atoms with Crippen molar-refractivity contribution in [3.63, 3.8) is 0 Å². The van der Waals surface area contributed by atoms with Gasteiger partial charge in [0.05, 0.1) is 5.69 Å². The Bertz CT molecular complexity index is 1700. The van der Waals surface area contributed by atoms with E-state index >= 15 is 0 Å². The van der Waals surface area contributed by atoms with Crippen LogP contribution in [0.5, 0.6) is 23.0 Å². The number of nitrogen functional groups attached to an aromatic ring is 1. The minimum atomic E-state index is -0.118. The zero-order valence-electron chi connectivity index (χ0n) is 22.6. The molecule has 0 atom stereocenters. The van der Waals surface area contributed by atoms with Crippen LogP contribution in [0.15, 0.2) is 143 Å². The third kappa shape index (κ3) is 8.13. The third-order valence-corrected chi connectivity index (χ3v) is 8.64. The number of rotatable bonds is 11. The first-order chi connectivity index (χ1) is 20.4. The first-order valence-electron chi connectivity index (χ1n) is 13.0. The van der Waals surface area contributed by atoms with Gasteiger partial charge >= 0.3 is 0 Å². The van der Waals surface area contributed by atoms with E-state index in [4.69, 9.17) is 26.8 Å². The minimum Gasteiger partial charge on any atom is -0.457 e. The largest absolute Gasteiger partial charge is 0.457 e. The predicted molar refractivity (Wildman–Crippen MR) is 175 cm³/mol. The van der Waals surface area contributed by atoms with E-state index in [1.54, 1.807) is 30.3 Å². The SMILES string of the molecule is C/C(=C\C(=O)c1ccc(Cl)cc1)Nc1ccc(Oc2ccccc2)cc1SSc1cc(Oc2ccccc2)ccc1N. The Balaban J connectivity index is 1.37. The number of anilines is 2. The van der Waals surface area contributed by atoms with Gasteiger partial charge in [0.25, 0.3) is 0 Å². The maximum absolute atomic E-state index is 12.8. The smallest absolute Gasteiger partial charge is 0.187 e. The van der Waals surface area contributed by atoms with Gasteiger partial charge in [0.2, 0.25) is 0 Å². The highest BCUT2D eigenvalue weighted by molar-refractivity contribution is 8.76. The average Bonchev–Trinajstić information content (AvgIpc) is 3.00. The Morgan fingerprint density at radius 2 is 1.26 bits per heavy atom. The van der Waals surface area contributed by atoms with Gasteiger partial charge in [-0.25, -0.2) is 0 Å². The maximum atomic E-state index is 12.8. The monoisotopic (exact) mass is 610 g/mol. The summed E-state index contributed by atoms with van der Waals surface area (Å²) >= 11 is 5.97. The van der Waals surface area contributed by atoms with Gasteiger partial charge in [0, 0.05) is 37.8 Å². The molecular formula is C34H27ClN2O3S2. The molecule has 0 saturated carbocycles. The molecule has 0 amide bonds. The van der Waals surface area contributed by atoms with Crippen molar-refractivity contribution in [2.75, 3.05) is 11.1 Å². The van der Waals surface area contributed by atoms with Crippen LogP contribution >= 0.6 is 33.2 Å². The van der Waals surface area contributed by atoms with E-state index in [1.165, 1.54) is 21.6 Å². The second-order valence-electron chi connectivity index (χ2n) is 9.18. The molecule has 0 aromatic heterocycles. The van der Waals surface area contributed by atoms with Crippen LogP contribution in [0.4, 0.5) is 11.4 Å². The summed E-state index contributed by atoms with van der Waals surface area (Å²) in [7, 11) is 3.04. The number of ether oxygens (including phenoxy) is 2. The lowest BCUT2D eigenvalue weighted by molar-refractivity contribution is 0.104. The van der Waals surface area contributed by atoms with E-state index in [0.717, 1.165) is 27.0 Å². The number of carbonyl (C=O) groups excluding carboxylic acids is 1. The second-order valence-corrected chi connectivity index (χ2v) is 11.8. The Hall–Kier alpha value is -4.30. The van der Waals surface area contributed by atoms with Crippen LogP contribution in [0.2, 0.25) is 5.02 Å². The number of allylic oxidation sites excluding steroid dienone is 2. The van der Waals surface area contributed by atoms with E-state index in [1.807, 2.05) is 104 Å². The molecule has 0 heterocycles. The van der Waals surface area contributed by atoms with Crippen molar-refractivity contribution in [2.24, 2.45) is 0 Å². The molecule has 5 aromatic rings. The molecule has 0 bridgehead atoms. The lowest BCUT2D eigenvalue weighted by Crippen LogP contribution is -2.02. The molecule has 0 fully saturated rings. The number of halogens is 1.